The predicted octanol–water partition coefficient (Wildman–Crippen LogP) is 2.41. The zero-order valence-corrected chi connectivity index (χ0v) is 19.7. The Kier molecular flexibility index (Phi) is 9.42. The van der Waals surface area contributed by atoms with Crippen LogP contribution in [0.2, 0.25) is 0 Å². The molecular weight excluding hydrogens is 406 g/mol. The van der Waals surface area contributed by atoms with Crippen molar-refractivity contribution >= 4 is 0 Å². The minimum atomic E-state index is 0. The molecule has 0 aliphatic carbocycles. The molecule has 3 rings (SSSR count). The number of benzene rings is 3. The van der Waals surface area contributed by atoms with Crippen molar-refractivity contribution in [2.45, 2.75) is 52.1 Å². The normalized spacial score (nSPS) is 12.6. The highest BCUT2D eigenvalue weighted by Gasteiger charge is 2.27. The standard InChI is InChI=1S/C27H33NO2.ClH/c1-5-9-24(22-16-19(2)12-14-26(22)29)28-25(18-21-10-7-6-8-11-21)23-17-20(3)13-15-27(23)30-4;/h6-8,10-17,24-25,28-29H,5,9,18H2,1-4H3;1H/t24-,25+;/m1./s1. The third-order valence-electron chi connectivity index (χ3n) is 5.73. The lowest BCUT2D eigenvalue weighted by atomic mass is 9.93. The predicted molar refractivity (Wildman–Crippen MR) is 123 cm³/mol. The van der Waals surface area contributed by atoms with Gasteiger partial charge in [0.2, 0.25) is 0 Å². The van der Waals surface area contributed by atoms with Crippen molar-refractivity contribution in [3.63, 3.8) is 0 Å². The largest absolute Gasteiger partial charge is 1.00 e. The topological polar surface area (TPSA) is 46.1 Å². The Morgan fingerprint density at radius 3 is 2.16 bits per heavy atom. The van der Waals surface area contributed by atoms with Crippen molar-refractivity contribution in [1.29, 1.82) is 0 Å². The molecule has 0 saturated carbocycles. The lowest BCUT2D eigenvalue weighted by Crippen LogP contribution is -3.00. The maximum absolute atomic E-state index is 10.6. The van der Waals surface area contributed by atoms with Crippen molar-refractivity contribution in [2.75, 3.05) is 7.11 Å². The Bertz CT molecular complexity index is 959. The maximum atomic E-state index is 10.6. The molecule has 0 aliphatic heterocycles. The lowest BCUT2D eigenvalue weighted by Gasteiger charge is -2.25. The zero-order chi connectivity index (χ0) is 21.5. The van der Waals surface area contributed by atoms with Crippen molar-refractivity contribution in [3.05, 3.63) is 94.5 Å². The summed E-state index contributed by atoms with van der Waals surface area (Å²) < 4.78 is 5.74. The van der Waals surface area contributed by atoms with Gasteiger partial charge in [-0.3, -0.25) is 0 Å². The van der Waals surface area contributed by atoms with E-state index in [0.717, 1.165) is 30.6 Å². The minimum absolute atomic E-state index is 0. The van der Waals surface area contributed by atoms with E-state index >= 15 is 0 Å². The first-order chi connectivity index (χ1) is 14.5. The van der Waals surface area contributed by atoms with Gasteiger partial charge in [-0.1, -0.05) is 66.9 Å². The van der Waals surface area contributed by atoms with Gasteiger partial charge in [0.25, 0.3) is 0 Å². The fraction of sp³-hybridized carbons (Fsp3) is 0.333. The Morgan fingerprint density at radius 1 is 0.871 bits per heavy atom. The van der Waals surface area contributed by atoms with E-state index < -0.39 is 0 Å². The number of phenols is 1. The average Bonchev–Trinajstić information content (AvgIpc) is 2.75. The van der Waals surface area contributed by atoms with Gasteiger partial charge in [0.15, 0.2) is 0 Å². The Labute approximate surface area is 192 Å². The first-order valence-electron chi connectivity index (χ1n) is 10.8. The van der Waals surface area contributed by atoms with Crippen LogP contribution in [0.1, 0.15) is 59.7 Å². The summed E-state index contributed by atoms with van der Waals surface area (Å²) in [7, 11) is 1.74. The molecule has 0 amide bonds. The van der Waals surface area contributed by atoms with Crippen molar-refractivity contribution in [3.8, 4) is 11.5 Å². The van der Waals surface area contributed by atoms with Crippen molar-refractivity contribution in [1.82, 2.24) is 0 Å². The van der Waals surface area contributed by atoms with Crippen molar-refractivity contribution < 1.29 is 27.6 Å². The number of hydrogen-bond acceptors (Lipinski definition) is 2. The maximum Gasteiger partial charge on any atom is 0.128 e. The number of hydrogen-bond donors (Lipinski definition) is 2. The molecule has 3 N–H and O–H groups in total. The van der Waals surface area contributed by atoms with Gasteiger partial charge in [-0.2, -0.15) is 0 Å². The Balaban J connectivity index is 0.00000341. The third-order valence-corrected chi connectivity index (χ3v) is 5.73. The molecule has 0 saturated heterocycles. The minimum Gasteiger partial charge on any atom is -1.00 e. The number of phenolic OH excluding ortho intramolecular Hbond substituents is 1. The highest BCUT2D eigenvalue weighted by atomic mass is 35.5. The number of aryl methyl sites for hydroxylation is 2. The zero-order valence-electron chi connectivity index (χ0n) is 18.9. The van der Waals surface area contributed by atoms with E-state index in [1.54, 1.807) is 7.11 Å². The molecule has 31 heavy (non-hydrogen) atoms. The van der Waals surface area contributed by atoms with E-state index in [1.165, 1.54) is 22.3 Å². The molecule has 0 unspecified atom stereocenters. The Morgan fingerprint density at radius 2 is 1.52 bits per heavy atom. The van der Waals surface area contributed by atoms with Gasteiger partial charge < -0.3 is 27.6 Å². The van der Waals surface area contributed by atoms with Crippen LogP contribution in [0.3, 0.4) is 0 Å². The third kappa shape index (κ3) is 6.49. The van der Waals surface area contributed by atoms with E-state index in [-0.39, 0.29) is 24.5 Å². The van der Waals surface area contributed by atoms with Crippen LogP contribution in [0.15, 0.2) is 66.7 Å². The fourth-order valence-electron chi connectivity index (χ4n) is 4.21. The van der Waals surface area contributed by atoms with Gasteiger partial charge in [-0.15, -0.1) is 0 Å². The fourth-order valence-corrected chi connectivity index (χ4v) is 4.21. The van der Waals surface area contributed by atoms with Gasteiger partial charge in [0.1, 0.15) is 23.6 Å². The molecule has 0 spiro atoms. The summed E-state index contributed by atoms with van der Waals surface area (Å²) in [5.41, 5.74) is 5.91. The van der Waals surface area contributed by atoms with Gasteiger partial charge in [-0.05, 0) is 43.7 Å². The molecule has 3 nitrogen and oxygen atoms in total. The molecule has 0 aliphatic rings. The van der Waals surface area contributed by atoms with E-state index in [4.69, 9.17) is 4.74 Å². The highest BCUT2D eigenvalue weighted by Crippen LogP contribution is 2.30. The number of ether oxygens (including phenoxy) is 1. The van der Waals surface area contributed by atoms with E-state index in [9.17, 15) is 5.11 Å². The van der Waals surface area contributed by atoms with Crippen LogP contribution in [-0.4, -0.2) is 12.2 Å². The monoisotopic (exact) mass is 439 g/mol. The molecule has 4 heteroatoms. The van der Waals surface area contributed by atoms with Gasteiger partial charge in [0.05, 0.1) is 18.2 Å². The Hall–Kier alpha value is -2.49. The molecule has 0 fully saturated rings. The number of rotatable bonds is 9. The molecule has 3 aromatic rings. The van der Waals surface area contributed by atoms with Gasteiger partial charge >= 0.3 is 0 Å². The molecule has 0 bridgehead atoms. The van der Waals surface area contributed by atoms with E-state index in [2.05, 4.69) is 80.7 Å². The van der Waals surface area contributed by atoms with Gasteiger partial charge in [-0.25, -0.2) is 0 Å². The van der Waals surface area contributed by atoms with Crippen molar-refractivity contribution in [2.24, 2.45) is 0 Å². The van der Waals surface area contributed by atoms with E-state index in [1.807, 2.05) is 12.1 Å². The first kappa shape index (κ1) is 24.8. The summed E-state index contributed by atoms with van der Waals surface area (Å²) >= 11 is 0. The number of quaternary nitrogens is 1. The summed E-state index contributed by atoms with van der Waals surface area (Å²) in [6, 6.07) is 23.3. The molecule has 0 radical (unpaired) electrons. The lowest BCUT2D eigenvalue weighted by molar-refractivity contribution is -0.735. The molecular formula is C27H34ClNO2. The summed E-state index contributed by atoms with van der Waals surface area (Å²) in [6.07, 6.45) is 2.95. The number of halogens is 1. The summed E-state index contributed by atoms with van der Waals surface area (Å²) in [4.78, 5) is 0. The molecule has 166 valence electrons. The number of nitrogens with two attached hydrogens (primary N) is 1. The van der Waals surface area contributed by atoms with Crippen LogP contribution in [0, 0.1) is 13.8 Å². The second-order valence-electron chi connectivity index (χ2n) is 8.19. The smallest absolute Gasteiger partial charge is 0.128 e. The highest BCUT2D eigenvalue weighted by molar-refractivity contribution is 5.40. The second kappa shape index (κ2) is 11.8. The van der Waals surface area contributed by atoms with Crippen LogP contribution < -0.4 is 22.5 Å². The number of aromatic hydroxyl groups is 1. The molecule has 3 aromatic carbocycles. The summed E-state index contributed by atoms with van der Waals surface area (Å²) in [6.45, 7) is 6.41. The number of methoxy groups -OCH3 is 1. The summed E-state index contributed by atoms with van der Waals surface area (Å²) in [5.74, 6) is 1.30. The van der Waals surface area contributed by atoms with Crippen LogP contribution in [0.25, 0.3) is 0 Å². The van der Waals surface area contributed by atoms with Crippen LogP contribution in [0.5, 0.6) is 11.5 Å². The van der Waals surface area contributed by atoms with Crippen LogP contribution in [-0.2, 0) is 6.42 Å². The molecule has 0 aromatic heterocycles. The molecule has 0 heterocycles. The van der Waals surface area contributed by atoms with Crippen LogP contribution in [0.4, 0.5) is 0 Å². The average molecular weight is 440 g/mol. The summed E-state index contributed by atoms with van der Waals surface area (Å²) in [5, 5.41) is 13.0. The van der Waals surface area contributed by atoms with E-state index in [0.29, 0.717) is 5.75 Å². The second-order valence-corrected chi connectivity index (χ2v) is 8.19. The van der Waals surface area contributed by atoms with Crippen LogP contribution >= 0.6 is 0 Å². The SMILES string of the molecule is CCC[C@@H]([NH2+][C@@H](Cc1ccccc1)c1cc(C)ccc1OC)c1cc(C)ccc1O.[Cl-]. The quantitative estimate of drug-likeness (QED) is 0.538. The first-order valence-corrected chi connectivity index (χ1v) is 10.8. The molecule has 2 atom stereocenters. The van der Waals surface area contributed by atoms with Gasteiger partial charge in [0, 0.05) is 12.8 Å².